The highest BCUT2D eigenvalue weighted by molar-refractivity contribution is 5.90. The van der Waals surface area contributed by atoms with Crippen molar-refractivity contribution in [2.45, 2.75) is 65.6 Å². The summed E-state index contributed by atoms with van der Waals surface area (Å²) in [6, 6.07) is 13.2. The number of nitrogens with one attached hydrogen (secondary N) is 1. The van der Waals surface area contributed by atoms with Crippen molar-refractivity contribution in [3.05, 3.63) is 59.4 Å². The molecule has 1 N–H and O–H groups in total. The van der Waals surface area contributed by atoms with Crippen LogP contribution in [0.1, 0.15) is 49.3 Å². The number of imidazole rings is 1. The Morgan fingerprint density at radius 1 is 1.17 bits per heavy atom. The van der Waals surface area contributed by atoms with Gasteiger partial charge in [-0.05, 0) is 81.1 Å². The number of likely N-dealkylation sites (tertiary alicyclic amines) is 1. The van der Waals surface area contributed by atoms with E-state index in [1.54, 1.807) is 0 Å². The Labute approximate surface area is 179 Å². The number of carbonyl (C=O) groups excluding carboxylic acids is 1. The van der Waals surface area contributed by atoms with Gasteiger partial charge in [0.25, 0.3) is 0 Å². The maximum absolute atomic E-state index is 12.6. The summed E-state index contributed by atoms with van der Waals surface area (Å²) in [6.45, 7) is 9.25. The summed E-state index contributed by atoms with van der Waals surface area (Å²) < 4.78 is 2.07. The molecule has 0 radical (unpaired) electrons. The molecule has 5 nitrogen and oxygen atoms in total. The summed E-state index contributed by atoms with van der Waals surface area (Å²) in [5.41, 5.74) is 6.69. The van der Waals surface area contributed by atoms with Crippen molar-refractivity contribution in [2.24, 2.45) is 0 Å². The molecule has 0 aliphatic carbocycles. The fourth-order valence-corrected chi connectivity index (χ4v) is 4.31. The van der Waals surface area contributed by atoms with E-state index in [9.17, 15) is 4.79 Å². The van der Waals surface area contributed by atoms with Crippen LogP contribution in [0.5, 0.6) is 0 Å². The van der Waals surface area contributed by atoms with Crippen LogP contribution in [-0.4, -0.2) is 32.9 Å². The van der Waals surface area contributed by atoms with Crippen LogP contribution in [0.15, 0.2) is 42.7 Å². The van der Waals surface area contributed by atoms with Gasteiger partial charge in [0.05, 0.1) is 17.4 Å². The maximum atomic E-state index is 12.6. The van der Waals surface area contributed by atoms with Crippen LogP contribution in [0.2, 0.25) is 0 Å². The highest BCUT2D eigenvalue weighted by atomic mass is 16.1. The summed E-state index contributed by atoms with van der Waals surface area (Å²) >= 11 is 0. The van der Waals surface area contributed by atoms with Crippen molar-refractivity contribution < 1.29 is 4.79 Å². The van der Waals surface area contributed by atoms with E-state index in [0.29, 0.717) is 19.0 Å². The van der Waals surface area contributed by atoms with Gasteiger partial charge in [-0.2, -0.15) is 0 Å². The molecule has 1 fully saturated rings. The van der Waals surface area contributed by atoms with Crippen LogP contribution >= 0.6 is 0 Å². The Bertz CT molecular complexity index is 1040. The third-order valence-electron chi connectivity index (χ3n) is 6.35. The maximum Gasteiger partial charge on any atom is 0.226 e. The number of benzene rings is 2. The van der Waals surface area contributed by atoms with Gasteiger partial charge in [-0.3, -0.25) is 9.69 Å². The standard InChI is InChI=1S/C25H32N4O/c1-18-13-23-24(14-19(18)2)29(17-26-23)12-10-25(30)27-22-9-6-8-21(15-22)16-28-11-5-4-7-20(28)3/h6,8-9,13-15,17,20H,4-5,7,10-12,16H2,1-3H3,(H,27,30). The number of aromatic nitrogens is 2. The first-order valence-electron chi connectivity index (χ1n) is 11.0. The van der Waals surface area contributed by atoms with E-state index < -0.39 is 0 Å². The Balaban J connectivity index is 1.36. The van der Waals surface area contributed by atoms with E-state index >= 15 is 0 Å². The molecule has 2 aromatic carbocycles. The lowest BCUT2D eigenvalue weighted by atomic mass is 10.0. The summed E-state index contributed by atoms with van der Waals surface area (Å²) in [5, 5.41) is 3.07. The molecule has 0 spiro atoms. The van der Waals surface area contributed by atoms with E-state index in [2.05, 4.69) is 64.8 Å². The molecule has 4 rings (SSSR count). The lowest BCUT2D eigenvalue weighted by molar-refractivity contribution is -0.116. The average Bonchev–Trinajstić information content (AvgIpc) is 3.10. The number of anilines is 1. The number of hydrogen-bond acceptors (Lipinski definition) is 3. The molecule has 3 aromatic rings. The highest BCUT2D eigenvalue weighted by Gasteiger charge is 2.18. The molecule has 0 bridgehead atoms. The first kappa shape index (κ1) is 20.6. The van der Waals surface area contributed by atoms with Crippen LogP contribution < -0.4 is 5.32 Å². The van der Waals surface area contributed by atoms with Gasteiger partial charge in [0.1, 0.15) is 0 Å². The van der Waals surface area contributed by atoms with Gasteiger partial charge in [-0.25, -0.2) is 4.98 Å². The average molecular weight is 405 g/mol. The van der Waals surface area contributed by atoms with Crippen molar-refractivity contribution in [1.82, 2.24) is 14.5 Å². The van der Waals surface area contributed by atoms with Gasteiger partial charge in [-0.1, -0.05) is 18.6 Å². The van der Waals surface area contributed by atoms with Crippen LogP contribution in [0.3, 0.4) is 0 Å². The molecule has 0 saturated carbocycles. The molecule has 1 aliphatic rings. The number of fused-ring (bicyclic) bond motifs is 1. The van der Waals surface area contributed by atoms with Gasteiger partial charge < -0.3 is 9.88 Å². The topological polar surface area (TPSA) is 50.2 Å². The quantitative estimate of drug-likeness (QED) is 0.625. The molecule has 1 amide bonds. The van der Waals surface area contributed by atoms with Gasteiger partial charge in [0.2, 0.25) is 5.91 Å². The molecule has 5 heteroatoms. The second-order valence-corrected chi connectivity index (χ2v) is 8.68. The highest BCUT2D eigenvalue weighted by Crippen LogP contribution is 2.21. The number of hydrogen-bond donors (Lipinski definition) is 1. The van der Waals surface area contributed by atoms with E-state index in [1.807, 2.05) is 18.5 Å². The van der Waals surface area contributed by atoms with Gasteiger partial charge in [0.15, 0.2) is 0 Å². The summed E-state index contributed by atoms with van der Waals surface area (Å²) in [6.07, 6.45) is 6.14. The Morgan fingerprint density at radius 3 is 2.83 bits per heavy atom. The van der Waals surface area contributed by atoms with Gasteiger partial charge in [-0.15, -0.1) is 0 Å². The van der Waals surface area contributed by atoms with Crippen molar-refractivity contribution in [1.29, 1.82) is 0 Å². The van der Waals surface area contributed by atoms with Crippen LogP contribution in [0.25, 0.3) is 11.0 Å². The van der Waals surface area contributed by atoms with Crippen molar-refractivity contribution in [3.63, 3.8) is 0 Å². The minimum Gasteiger partial charge on any atom is -0.330 e. The largest absolute Gasteiger partial charge is 0.330 e. The predicted octanol–water partition coefficient (Wildman–Crippen LogP) is 5.06. The zero-order chi connectivity index (χ0) is 21.1. The molecular weight excluding hydrogens is 372 g/mol. The molecule has 1 saturated heterocycles. The normalized spacial score (nSPS) is 17.4. The first-order valence-corrected chi connectivity index (χ1v) is 11.0. The third kappa shape index (κ3) is 4.73. The number of rotatable bonds is 6. The fraction of sp³-hybridized carbons (Fsp3) is 0.440. The first-order chi connectivity index (χ1) is 14.5. The minimum absolute atomic E-state index is 0.0316. The summed E-state index contributed by atoms with van der Waals surface area (Å²) in [4.78, 5) is 19.6. The second kappa shape index (κ2) is 9.00. The molecule has 2 heterocycles. The zero-order valence-corrected chi connectivity index (χ0v) is 18.3. The predicted molar refractivity (Wildman–Crippen MR) is 123 cm³/mol. The zero-order valence-electron chi connectivity index (χ0n) is 18.3. The SMILES string of the molecule is Cc1cc2ncn(CCC(=O)Nc3cccc(CN4CCCCC4C)c3)c2cc1C. The van der Waals surface area contributed by atoms with Gasteiger partial charge >= 0.3 is 0 Å². The monoisotopic (exact) mass is 404 g/mol. The lowest BCUT2D eigenvalue weighted by Gasteiger charge is -2.33. The van der Waals surface area contributed by atoms with E-state index in [0.717, 1.165) is 29.8 Å². The molecule has 30 heavy (non-hydrogen) atoms. The smallest absolute Gasteiger partial charge is 0.226 e. The second-order valence-electron chi connectivity index (χ2n) is 8.68. The molecule has 1 unspecified atom stereocenters. The number of carbonyl (C=O) groups is 1. The number of aryl methyl sites for hydroxylation is 3. The fourth-order valence-electron chi connectivity index (χ4n) is 4.31. The van der Waals surface area contributed by atoms with Crippen LogP contribution in [0, 0.1) is 13.8 Å². The third-order valence-corrected chi connectivity index (χ3v) is 6.35. The Morgan fingerprint density at radius 2 is 2.00 bits per heavy atom. The van der Waals surface area contributed by atoms with E-state index in [1.165, 1.54) is 36.0 Å². The van der Waals surface area contributed by atoms with Crippen molar-refractivity contribution in [2.75, 3.05) is 11.9 Å². The lowest BCUT2D eigenvalue weighted by Crippen LogP contribution is -2.36. The summed E-state index contributed by atoms with van der Waals surface area (Å²) in [7, 11) is 0. The van der Waals surface area contributed by atoms with Crippen molar-refractivity contribution in [3.8, 4) is 0 Å². The minimum atomic E-state index is 0.0316. The summed E-state index contributed by atoms with van der Waals surface area (Å²) in [5.74, 6) is 0.0316. The molecule has 1 atom stereocenters. The number of nitrogens with zero attached hydrogens (tertiary/aromatic N) is 3. The number of amides is 1. The number of piperidine rings is 1. The van der Waals surface area contributed by atoms with E-state index in [4.69, 9.17) is 0 Å². The van der Waals surface area contributed by atoms with E-state index in [-0.39, 0.29) is 5.91 Å². The molecular formula is C25H32N4O. The van der Waals surface area contributed by atoms with Crippen molar-refractivity contribution >= 4 is 22.6 Å². The molecule has 1 aliphatic heterocycles. The molecule has 1 aromatic heterocycles. The Hall–Kier alpha value is -2.66. The van der Waals surface area contributed by atoms with Crippen LogP contribution in [-0.2, 0) is 17.9 Å². The van der Waals surface area contributed by atoms with Crippen LogP contribution in [0.4, 0.5) is 5.69 Å². The molecule has 158 valence electrons. The Kier molecular flexibility index (Phi) is 6.18. The van der Waals surface area contributed by atoms with Gasteiger partial charge in [0, 0.05) is 31.2 Å².